The fraction of sp³-hybridized carbons (Fsp3) is 0.250. The highest BCUT2D eigenvalue weighted by atomic mass is 32.1. The van der Waals surface area contributed by atoms with Crippen molar-refractivity contribution in [3.63, 3.8) is 0 Å². The minimum atomic E-state index is 0.435. The van der Waals surface area contributed by atoms with Crippen LogP contribution in [0.2, 0.25) is 0 Å². The van der Waals surface area contributed by atoms with Crippen molar-refractivity contribution in [2.45, 2.75) is 27.7 Å². The summed E-state index contributed by atoms with van der Waals surface area (Å²) in [5.74, 6) is 1.38. The predicted octanol–water partition coefficient (Wildman–Crippen LogP) is 4.81. The van der Waals surface area contributed by atoms with E-state index in [2.05, 4.69) is 48.2 Å². The van der Waals surface area contributed by atoms with E-state index in [-0.39, 0.29) is 0 Å². The molecule has 26 heavy (non-hydrogen) atoms. The van der Waals surface area contributed by atoms with Gasteiger partial charge in [-0.25, -0.2) is 5.10 Å². The Hall–Kier alpha value is -2.73. The van der Waals surface area contributed by atoms with Crippen molar-refractivity contribution in [2.75, 3.05) is 6.61 Å². The van der Waals surface area contributed by atoms with Crippen LogP contribution in [0.15, 0.2) is 41.5 Å². The third kappa shape index (κ3) is 3.60. The van der Waals surface area contributed by atoms with Crippen LogP contribution in [0, 0.1) is 25.5 Å². The van der Waals surface area contributed by atoms with Crippen LogP contribution >= 0.6 is 12.2 Å². The molecule has 1 aromatic heterocycles. The fourth-order valence-corrected chi connectivity index (χ4v) is 3.20. The first-order valence-corrected chi connectivity index (χ1v) is 8.94. The number of nitrogens with zero attached hydrogens (tertiary/aromatic N) is 3. The highest BCUT2D eigenvalue weighted by Crippen LogP contribution is 2.28. The molecule has 0 aliphatic carbocycles. The molecule has 2 aromatic carbocycles. The van der Waals surface area contributed by atoms with E-state index in [1.165, 1.54) is 16.7 Å². The molecule has 0 saturated heterocycles. The number of rotatable bonds is 5. The number of nitrogens with one attached hydrogen (secondary N) is 1. The van der Waals surface area contributed by atoms with Crippen molar-refractivity contribution in [3.8, 4) is 17.1 Å². The van der Waals surface area contributed by atoms with Crippen LogP contribution < -0.4 is 4.74 Å². The van der Waals surface area contributed by atoms with Crippen LogP contribution in [0.3, 0.4) is 0 Å². The maximum absolute atomic E-state index is 5.72. The molecule has 0 unspecified atom stereocenters. The Labute approximate surface area is 158 Å². The lowest BCUT2D eigenvalue weighted by molar-refractivity contribution is 0.341. The van der Waals surface area contributed by atoms with Gasteiger partial charge < -0.3 is 4.74 Å². The topological polar surface area (TPSA) is 55.2 Å². The zero-order chi connectivity index (χ0) is 18.7. The third-order valence-corrected chi connectivity index (χ3v) is 4.38. The van der Waals surface area contributed by atoms with E-state index in [1.54, 1.807) is 4.68 Å². The van der Waals surface area contributed by atoms with Crippen LogP contribution in [-0.2, 0) is 0 Å². The second-order valence-corrected chi connectivity index (χ2v) is 6.54. The average Bonchev–Trinajstić information content (AvgIpc) is 2.95. The predicted molar refractivity (Wildman–Crippen MR) is 108 cm³/mol. The van der Waals surface area contributed by atoms with Gasteiger partial charge in [0.05, 0.1) is 18.4 Å². The van der Waals surface area contributed by atoms with Gasteiger partial charge in [-0.1, -0.05) is 29.8 Å². The number of aromatic nitrogens is 3. The van der Waals surface area contributed by atoms with Gasteiger partial charge in [0.1, 0.15) is 5.75 Å². The van der Waals surface area contributed by atoms with Gasteiger partial charge in [-0.15, -0.1) is 0 Å². The van der Waals surface area contributed by atoms with E-state index < -0.39 is 0 Å². The standard InChI is InChI=1S/C20H22N4OS/c1-5-25-18-9-7-6-8-16(18)19-22-23-20(26)24(19)21-12-17-14(3)10-13(2)11-15(17)4/h6-12H,5H2,1-4H3,(H,23,26)/b21-12-. The normalized spacial score (nSPS) is 11.2. The van der Waals surface area contributed by atoms with Crippen molar-refractivity contribution in [3.05, 3.63) is 63.4 Å². The van der Waals surface area contributed by atoms with Crippen molar-refractivity contribution < 1.29 is 4.74 Å². The summed E-state index contributed by atoms with van der Waals surface area (Å²) in [6, 6.07) is 12.0. The van der Waals surface area contributed by atoms with Gasteiger partial charge in [-0.05, 0) is 63.2 Å². The molecule has 6 heteroatoms. The van der Waals surface area contributed by atoms with Crippen LogP contribution in [-0.4, -0.2) is 27.7 Å². The lowest BCUT2D eigenvalue weighted by Crippen LogP contribution is -2.00. The summed E-state index contributed by atoms with van der Waals surface area (Å²) in [7, 11) is 0. The highest BCUT2D eigenvalue weighted by Gasteiger charge is 2.13. The van der Waals surface area contributed by atoms with E-state index in [9.17, 15) is 0 Å². The Morgan fingerprint density at radius 1 is 1.19 bits per heavy atom. The number of hydrogen-bond acceptors (Lipinski definition) is 4. The van der Waals surface area contributed by atoms with Gasteiger partial charge >= 0.3 is 0 Å². The summed E-state index contributed by atoms with van der Waals surface area (Å²) in [6.45, 7) is 8.79. The van der Waals surface area contributed by atoms with Gasteiger partial charge in [0, 0.05) is 5.56 Å². The number of aromatic amines is 1. The lowest BCUT2D eigenvalue weighted by Gasteiger charge is -2.09. The van der Waals surface area contributed by atoms with E-state index >= 15 is 0 Å². The molecule has 5 nitrogen and oxygen atoms in total. The minimum Gasteiger partial charge on any atom is -0.493 e. The average molecular weight is 366 g/mol. The van der Waals surface area contributed by atoms with Crippen molar-refractivity contribution in [1.29, 1.82) is 0 Å². The second-order valence-electron chi connectivity index (χ2n) is 6.15. The maximum atomic E-state index is 5.72. The Balaban J connectivity index is 2.07. The molecule has 3 rings (SSSR count). The zero-order valence-corrected chi connectivity index (χ0v) is 16.2. The molecule has 0 amide bonds. The highest BCUT2D eigenvalue weighted by molar-refractivity contribution is 7.71. The SMILES string of the molecule is CCOc1ccccc1-c1n[nH]c(=S)n1/N=C\c1c(C)cc(C)cc1C. The first kappa shape index (κ1) is 18.1. The lowest BCUT2D eigenvalue weighted by atomic mass is 10.0. The number of benzene rings is 2. The van der Waals surface area contributed by atoms with Gasteiger partial charge in [-0.3, -0.25) is 0 Å². The number of H-pyrrole nitrogens is 1. The summed E-state index contributed by atoms with van der Waals surface area (Å²) in [4.78, 5) is 0. The smallest absolute Gasteiger partial charge is 0.216 e. The maximum Gasteiger partial charge on any atom is 0.216 e. The molecule has 0 aliphatic rings. The van der Waals surface area contributed by atoms with Gasteiger partial charge in [0.2, 0.25) is 4.77 Å². The largest absolute Gasteiger partial charge is 0.493 e. The monoisotopic (exact) mass is 366 g/mol. The quantitative estimate of drug-likeness (QED) is 0.520. The molecule has 0 saturated carbocycles. The van der Waals surface area contributed by atoms with Crippen LogP contribution in [0.1, 0.15) is 29.2 Å². The molecule has 3 aromatic rings. The fourth-order valence-electron chi connectivity index (χ4n) is 3.02. The number of aryl methyl sites for hydroxylation is 3. The molecule has 0 radical (unpaired) electrons. The van der Waals surface area contributed by atoms with E-state index in [4.69, 9.17) is 17.0 Å². The van der Waals surface area contributed by atoms with Crippen molar-refractivity contribution >= 4 is 18.4 Å². The Morgan fingerprint density at radius 2 is 1.88 bits per heavy atom. The van der Waals surface area contributed by atoms with Crippen LogP contribution in [0.25, 0.3) is 11.4 Å². The van der Waals surface area contributed by atoms with E-state index in [0.717, 1.165) is 16.9 Å². The first-order valence-electron chi connectivity index (χ1n) is 8.53. The van der Waals surface area contributed by atoms with Gasteiger partial charge in [0.15, 0.2) is 5.82 Å². The second kappa shape index (κ2) is 7.66. The molecule has 1 N–H and O–H groups in total. The summed E-state index contributed by atoms with van der Waals surface area (Å²) in [5.41, 5.74) is 5.53. The Bertz CT molecular complexity index is 994. The van der Waals surface area contributed by atoms with Crippen LogP contribution in [0.5, 0.6) is 5.75 Å². The number of hydrogen-bond donors (Lipinski definition) is 1. The van der Waals surface area contributed by atoms with Crippen molar-refractivity contribution in [2.24, 2.45) is 5.10 Å². The van der Waals surface area contributed by atoms with Gasteiger partial charge in [-0.2, -0.15) is 14.9 Å². The van der Waals surface area contributed by atoms with E-state index in [1.807, 2.05) is 37.4 Å². The minimum absolute atomic E-state index is 0.435. The molecule has 0 spiro atoms. The number of ether oxygens (including phenoxy) is 1. The number of para-hydroxylation sites is 1. The molecule has 0 aliphatic heterocycles. The summed E-state index contributed by atoms with van der Waals surface area (Å²) < 4.78 is 7.78. The summed E-state index contributed by atoms with van der Waals surface area (Å²) >= 11 is 5.37. The third-order valence-electron chi connectivity index (χ3n) is 4.12. The first-order chi connectivity index (χ1) is 12.5. The van der Waals surface area contributed by atoms with E-state index in [0.29, 0.717) is 17.2 Å². The molecule has 1 heterocycles. The zero-order valence-electron chi connectivity index (χ0n) is 15.4. The van der Waals surface area contributed by atoms with Crippen LogP contribution in [0.4, 0.5) is 0 Å². The molecule has 0 bridgehead atoms. The molecule has 0 atom stereocenters. The molecule has 134 valence electrons. The molecular formula is C20H22N4OS. The Kier molecular flexibility index (Phi) is 5.32. The molecular weight excluding hydrogens is 344 g/mol. The molecule has 0 fully saturated rings. The van der Waals surface area contributed by atoms with Crippen molar-refractivity contribution in [1.82, 2.24) is 14.9 Å². The summed E-state index contributed by atoms with van der Waals surface area (Å²) in [6.07, 6.45) is 1.84. The van der Waals surface area contributed by atoms with Gasteiger partial charge in [0.25, 0.3) is 0 Å². The Morgan fingerprint density at radius 3 is 2.58 bits per heavy atom. The summed E-state index contributed by atoms with van der Waals surface area (Å²) in [5, 5.41) is 11.8.